The summed E-state index contributed by atoms with van der Waals surface area (Å²) in [7, 11) is 0. The van der Waals surface area contributed by atoms with Crippen molar-refractivity contribution in [2.24, 2.45) is 5.73 Å². The van der Waals surface area contributed by atoms with Crippen molar-refractivity contribution in [3.63, 3.8) is 0 Å². The molecule has 4 nitrogen and oxygen atoms in total. The third-order valence-corrected chi connectivity index (χ3v) is 3.69. The Kier molecular flexibility index (Phi) is 5.73. The van der Waals surface area contributed by atoms with E-state index >= 15 is 0 Å². The highest BCUT2D eigenvalue weighted by atomic mass is 79.9. The Morgan fingerprint density at radius 1 is 1.20 bits per heavy atom. The van der Waals surface area contributed by atoms with Crippen LogP contribution >= 0.6 is 15.9 Å². The fraction of sp³-hybridized carbons (Fsp3) is 0.118. The zero-order valence-electron chi connectivity index (χ0n) is 13.0. The van der Waals surface area contributed by atoms with E-state index in [4.69, 9.17) is 5.73 Å². The van der Waals surface area contributed by atoms with E-state index in [0.29, 0.717) is 22.5 Å². The number of anilines is 1. The second-order valence-corrected chi connectivity index (χ2v) is 5.94. The molecule has 3 N–H and O–H groups in total. The molecule has 0 aromatic heterocycles. The summed E-state index contributed by atoms with van der Waals surface area (Å²) in [5.74, 6) is -0.472. The Morgan fingerprint density at radius 3 is 2.36 bits per heavy atom. The number of nitrogens with one attached hydrogen (secondary N) is 1. The Balaban J connectivity index is 2.27. The number of benzene rings is 2. The number of alkyl halides is 3. The highest BCUT2D eigenvalue weighted by Gasteiger charge is 2.31. The van der Waals surface area contributed by atoms with E-state index in [-0.39, 0.29) is 11.5 Å². The predicted molar refractivity (Wildman–Crippen MR) is 93.1 cm³/mol. The molecule has 0 spiro atoms. The lowest BCUT2D eigenvalue weighted by molar-refractivity contribution is -0.274. The first-order chi connectivity index (χ1) is 11.7. The first kappa shape index (κ1) is 18.9. The van der Waals surface area contributed by atoms with Crippen LogP contribution in [-0.4, -0.2) is 12.1 Å². The molecule has 2 aromatic carbocycles. The van der Waals surface area contributed by atoms with Crippen LogP contribution in [0.5, 0.6) is 5.75 Å². The Bertz CT molecular complexity index is 803. The van der Waals surface area contributed by atoms with Crippen LogP contribution in [0.25, 0.3) is 5.70 Å². The molecule has 25 heavy (non-hydrogen) atoms. The molecule has 2 rings (SSSR count). The predicted octanol–water partition coefficient (Wildman–Crippen LogP) is 4.92. The highest BCUT2D eigenvalue weighted by Crippen LogP contribution is 2.28. The van der Waals surface area contributed by atoms with Gasteiger partial charge in [0.25, 0.3) is 0 Å². The van der Waals surface area contributed by atoms with Crippen molar-refractivity contribution >= 4 is 33.1 Å². The lowest BCUT2D eigenvalue weighted by Gasteiger charge is -2.15. The molecule has 0 amide bonds. The molecule has 0 saturated carbocycles. The van der Waals surface area contributed by atoms with E-state index in [1.54, 1.807) is 18.2 Å². The molecule has 0 fully saturated rings. The van der Waals surface area contributed by atoms with Crippen LogP contribution in [0.4, 0.5) is 18.9 Å². The number of rotatable bonds is 5. The lowest BCUT2D eigenvalue weighted by atomic mass is 10.1. The van der Waals surface area contributed by atoms with Crippen molar-refractivity contribution in [1.82, 2.24) is 0 Å². The number of nitrogens with two attached hydrogens (primary N) is 1. The maximum atomic E-state index is 12.2. The fourth-order valence-electron chi connectivity index (χ4n) is 2.12. The van der Waals surface area contributed by atoms with Gasteiger partial charge in [0.2, 0.25) is 0 Å². The summed E-state index contributed by atoms with van der Waals surface area (Å²) in [6.07, 6.45) is -3.48. The third-order valence-electron chi connectivity index (χ3n) is 3.20. The summed E-state index contributed by atoms with van der Waals surface area (Å²) >= 11 is 3.33. The second-order valence-electron chi connectivity index (χ2n) is 5.02. The Morgan fingerprint density at radius 2 is 1.84 bits per heavy atom. The number of ether oxygens (including phenoxy) is 1. The molecule has 0 unspecified atom stereocenters. The standard InChI is InChI=1S/C17H14BrF3N2O2/c1-10(24)14-7-4-12(18)8-15(14)23-16(9-22)11-2-5-13(6-3-11)25-17(19,20)21/h2-9,23H,22H2,1H3/b16-9-. The van der Waals surface area contributed by atoms with Gasteiger partial charge >= 0.3 is 6.36 Å². The second kappa shape index (κ2) is 7.60. The fourth-order valence-corrected chi connectivity index (χ4v) is 2.48. The minimum atomic E-state index is -4.75. The van der Waals surface area contributed by atoms with Crippen molar-refractivity contribution in [3.8, 4) is 5.75 Å². The van der Waals surface area contributed by atoms with Crippen molar-refractivity contribution in [1.29, 1.82) is 0 Å². The van der Waals surface area contributed by atoms with Gasteiger partial charge in [-0.1, -0.05) is 15.9 Å². The zero-order chi connectivity index (χ0) is 18.6. The molecule has 0 saturated heterocycles. The number of Topliss-reactive ketones (excluding diaryl/α,β-unsaturated/α-hetero) is 1. The number of hydrogen-bond acceptors (Lipinski definition) is 4. The smallest absolute Gasteiger partial charge is 0.406 e. The number of carbonyl (C=O) groups is 1. The van der Waals surface area contributed by atoms with Gasteiger partial charge in [-0.2, -0.15) is 0 Å². The lowest BCUT2D eigenvalue weighted by Crippen LogP contribution is -2.17. The normalized spacial score (nSPS) is 12.0. The molecule has 2 aromatic rings. The van der Waals surface area contributed by atoms with E-state index in [0.717, 1.165) is 4.47 Å². The Hall–Kier alpha value is -2.48. The van der Waals surface area contributed by atoms with Gasteiger partial charge in [0.05, 0.1) is 11.4 Å². The molecule has 0 atom stereocenters. The Labute approximate surface area is 150 Å². The number of hydrogen-bond donors (Lipinski definition) is 2. The summed E-state index contributed by atoms with van der Waals surface area (Å²) < 4.78 is 41.2. The molecule has 132 valence electrons. The topological polar surface area (TPSA) is 64.4 Å². The van der Waals surface area contributed by atoms with Crippen molar-refractivity contribution in [2.45, 2.75) is 13.3 Å². The molecule has 8 heteroatoms. The average Bonchev–Trinajstić information content (AvgIpc) is 2.51. The number of halogens is 4. The van der Waals surface area contributed by atoms with Gasteiger partial charge in [0, 0.05) is 16.2 Å². The third kappa shape index (κ3) is 5.25. The van der Waals surface area contributed by atoms with E-state index in [9.17, 15) is 18.0 Å². The van der Waals surface area contributed by atoms with Gasteiger partial charge in [-0.3, -0.25) is 4.79 Å². The molecule has 0 aliphatic rings. The van der Waals surface area contributed by atoms with E-state index in [1.807, 2.05) is 0 Å². The van der Waals surface area contributed by atoms with Gasteiger partial charge in [-0.05, 0) is 55.0 Å². The molecule has 0 aliphatic carbocycles. The largest absolute Gasteiger partial charge is 0.573 e. The van der Waals surface area contributed by atoms with Crippen LogP contribution in [0.15, 0.2) is 53.1 Å². The zero-order valence-corrected chi connectivity index (χ0v) is 14.6. The number of carbonyl (C=O) groups excluding carboxylic acids is 1. The first-order valence-electron chi connectivity index (χ1n) is 7.05. The van der Waals surface area contributed by atoms with Crippen LogP contribution in [0.1, 0.15) is 22.8 Å². The molecular weight excluding hydrogens is 401 g/mol. The maximum absolute atomic E-state index is 12.2. The van der Waals surface area contributed by atoms with Crippen molar-refractivity contribution < 1.29 is 22.7 Å². The molecule has 0 bridgehead atoms. The number of ketones is 1. The molecule has 0 heterocycles. The maximum Gasteiger partial charge on any atom is 0.573 e. The summed E-state index contributed by atoms with van der Waals surface area (Å²) in [4.78, 5) is 11.7. The summed E-state index contributed by atoms with van der Waals surface area (Å²) in [6.45, 7) is 1.43. The van der Waals surface area contributed by atoms with E-state index in [2.05, 4.69) is 26.0 Å². The first-order valence-corrected chi connectivity index (χ1v) is 7.84. The van der Waals surface area contributed by atoms with Crippen LogP contribution in [0.2, 0.25) is 0 Å². The van der Waals surface area contributed by atoms with Gasteiger partial charge in [-0.25, -0.2) is 0 Å². The van der Waals surface area contributed by atoms with Crippen LogP contribution in [-0.2, 0) is 0 Å². The average molecular weight is 415 g/mol. The quantitative estimate of drug-likeness (QED) is 0.681. The van der Waals surface area contributed by atoms with E-state index in [1.165, 1.54) is 37.4 Å². The molecular formula is C17H14BrF3N2O2. The minimum Gasteiger partial charge on any atom is -0.406 e. The van der Waals surface area contributed by atoms with Crippen LogP contribution < -0.4 is 15.8 Å². The van der Waals surface area contributed by atoms with Crippen molar-refractivity contribution in [2.75, 3.05) is 5.32 Å². The van der Waals surface area contributed by atoms with Crippen molar-refractivity contribution in [3.05, 3.63) is 64.3 Å². The minimum absolute atomic E-state index is 0.139. The SMILES string of the molecule is CC(=O)c1ccc(Br)cc1N/C(=C\N)c1ccc(OC(F)(F)F)cc1. The van der Waals surface area contributed by atoms with Gasteiger partial charge in [0.15, 0.2) is 5.78 Å². The monoisotopic (exact) mass is 414 g/mol. The highest BCUT2D eigenvalue weighted by molar-refractivity contribution is 9.10. The summed E-state index contributed by atoms with van der Waals surface area (Å²) in [5, 5.41) is 3.03. The van der Waals surface area contributed by atoms with Gasteiger partial charge in [-0.15, -0.1) is 13.2 Å². The summed E-state index contributed by atoms with van der Waals surface area (Å²) in [6, 6.07) is 10.3. The van der Waals surface area contributed by atoms with Gasteiger partial charge in [0.1, 0.15) is 5.75 Å². The van der Waals surface area contributed by atoms with Crippen LogP contribution in [0, 0.1) is 0 Å². The van der Waals surface area contributed by atoms with E-state index < -0.39 is 6.36 Å². The molecule has 0 aliphatic heterocycles. The molecule has 0 radical (unpaired) electrons. The summed E-state index contributed by atoms with van der Waals surface area (Å²) in [5.41, 5.74) is 7.57. The van der Waals surface area contributed by atoms with Crippen LogP contribution in [0.3, 0.4) is 0 Å². The van der Waals surface area contributed by atoms with Gasteiger partial charge < -0.3 is 15.8 Å².